The molecule has 2 aromatic rings. The maximum absolute atomic E-state index is 5.57. The Morgan fingerprint density at radius 1 is 1.22 bits per heavy atom. The Labute approximate surface area is 108 Å². The van der Waals surface area contributed by atoms with Crippen LogP contribution in [-0.2, 0) is 11.8 Å². The molecule has 96 valence electrons. The van der Waals surface area contributed by atoms with Crippen LogP contribution in [0.25, 0.3) is 5.82 Å². The quantitative estimate of drug-likeness (QED) is 0.899. The number of rotatable bonds is 3. The van der Waals surface area contributed by atoms with E-state index in [4.69, 9.17) is 5.73 Å². The lowest BCUT2D eigenvalue weighted by Gasteiger charge is -2.18. The van der Waals surface area contributed by atoms with Gasteiger partial charge in [0.2, 0.25) is 0 Å². The average Bonchev–Trinajstić information content (AvgIpc) is 2.77. The van der Waals surface area contributed by atoms with Gasteiger partial charge in [0.05, 0.1) is 0 Å². The number of aromatic nitrogens is 3. The summed E-state index contributed by atoms with van der Waals surface area (Å²) in [6.07, 6.45) is 6.39. The monoisotopic (exact) mass is 244 g/mol. The zero-order valence-corrected chi connectivity index (χ0v) is 11.2. The molecule has 2 N–H and O–H groups in total. The van der Waals surface area contributed by atoms with Crippen LogP contribution in [0.1, 0.15) is 32.2 Å². The molecule has 0 aliphatic carbocycles. The van der Waals surface area contributed by atoms with Gasteiger partial charge < -0.3 is 5.73 Å². The fraction of sp³-hybridized carbons (Fsp3) is 0.429. The first kappa shape index (κ1) is 12.8. The highest BCUT2D eigenvalue weighted by Gasteiger charge is 2.14. The van der Waals surface area contributed by atoms with Crippen LogP contribution in [0.4, 0.5) is 0 Å². The summed E-state index contributed by atoms with van der Waals surface area (Å²) in [5.74, 6) is 1.84. The molecule has 4 nitrogen and oxygen atoms in total. The number of hydrogen-bond donors (Lipinski definition) is 1. The molecule has 0 atom stereocenters. The highest BCUT2D eigenvalue weighted by Crippen LogP contribution is 2.21. The molecule has 0 saturated heterocycles. The number of nitrogens with two attached hydrogens (primary N) is 1. The van der Waals surface area contributed by atoms with E-state index < -0.39 is 0 Å². The first-order valence-corrected chi connectivity index (χ1v) is 6.21. The molecule has 0 saturated carbocycles. The molecular formula is C14H20N4. The number of pyridine rings is 1. The lowest BCUT2D eigenvalue weighted by molar-refractivity contribution is 0.587. The third-order valence-corrected chi connectivity index (χ3v) is 2.95. The largest absolute Gasteiger partial charge is 0.330 e. The Hall–Kier alpha value is -1.68. The Balaban J connectivity index is 2.32. The van der Waals surface area contributed by atoms with Crippen molar-refractivity contribution in [3.05, 3.63) is 42.1 Å². The van der Waals surface area contributed by atoms with E-state index in [0.29, 0.717) is 6.54 Å². The molecule has 0 aliphatic rings. The van der Waals surface area contributed by atoms with E-state index in [0.717, 1.165) is 18.1 Å². The lowest BCUT2D eigenvalue weighted by Crippen LogP contribution is -2.13. The van der Waals surface area contributed by atoms with Gasteiger partial charge in [-0.1, -0.05) is 26.8 Å². The molecule has 18 heavy (non-hydrogen) atoms. The fourth-order valence-corrected chi connectivity index (χ4v) is 1.83. The molecule has 0 bridgehead atoms. The van der Waals surface area contributed by atoms with E-state index in [1.54, 1.807) is 6.20 Å². The SMILES string of the molecule is CC(C)(C)c1ccc(-n2ccnc2CCN)nc1. The highest BCUT2D eigenvalue weighted by atomic mass is 15.1. The molecule has 0 unspecified atom stereocenters. The minimum Gasteiger partial charge on any atom is -0.330 e. The molecule has 4 heteroatoms. The zero-order valence-electron chi connectivity index (χ0n) is 11.2. The molecule has 2 heterocycles. The van der Waals surface area contributed by atoms with Crippen LogP contribution < -0.4 is 5.73 Å². The van der Waals surface area contributed by atoms with Crippen molar-refractivity contribution in [2.45, 2.75) is 32.6 Å². The maximum atomic E-state index is 5.57. The molecule has 2 rings (SSSR count). The maximum Gasteiger partial charge on any atom is 0.137 e. The van der Waals surface area contributed by atoms with Gasteiger partial charge in [0.15, 0.2) is 0 Å². The third-order valence-electron chi connectivity index (χ3n) is 2.95. The van der Waals surface area contributed by atoms with E-state index in [9.17, 15) is 0 Å². The van der Waals surface area contributed by atoms with Gasteiger partial charge >= 0.3 is 0 Å². The van der Waals surface area contributed by atoms with Gasteiger partial charge in [-0.3, -0.25) is 4.57 Å². The van der Waals surface area contributed by atoms with Crippen LogP contribution in [0.5, 0.6) is 0 Å². The lowest BCUT2D eigenvalue weighted by atomic mass is 9.88. The average molecular weight is 244 g/mol. The second kappa shape index (κ2) is 4.90. The minimum absolute atomic E-state index is 0.126. The van der Waals surface area contributed by atoms with Crippen LogP contribution in [0.2, 0.25) is 0 Å². The van der Waals surface area contributed by atoms with Gasteiger partial charge in [0.1, 0.15) is 11.6 Å². The smallest absolute Gasteiger partial charge is 0.137 e. The highest BCUT2D eigenvalue weighted by molar-refractivity contribution is 5.30. The molecule has 0 amide bonds. The summed E-state index contributed by atoms with van der Waals surface area (Å²) in [7, 11) is 0. The van der Waals surface area contributed by atoms with Crippen LogP contribution in [0.3, 0.4) is 0 Å². The van der Waals surface area contributed by atoms with E-state index in [2.05, 4.69) is 36.8 Å². The zero-order chi connectivity index (χ0) is 13.2. The van der Waals surface area contributed by atoms with E-state index in [1.165, 1.54) is 5.56 Å². The van der Waals surface area contributed by atoms with Crippen LogP contribution >= 0.6 is 0 Å². The molecule has 0 aromatic carbocycles. The van der Waals surface area contributed by atoms with Crippen LogP contribution in [-0.4, -0.2) is 21.1 Å². The van der Waals surface area contributed by atoms with E-state index in [1.807, 2.05) is 23.0 Å². The van der Waals surface area contributed by atoms with Crippen molar-refractivity contribution >= 4 is 0 Å². The second-order valence-corrected chi connectivity index (χ2v) is 5.41. The van der Waals surface area contributed by atoms with Gasteiger partial charge in [-0.15, -0.1) is 0 Å². The topological polar surface area (TPSA) is 56.7 Å². The van der Waals surface area contributed by atoms with Gasteiger partial charge in [-0.25, -0.2) is 9.97 Å². The number of hydrogen-bond acceptors (Lipinski definition) is 3. The molecule has 2 aromatic heterocycles. The minimum atomic E-state index is 0.126. The summed E-state index contributed by atoms with van der Waals surface area (Å²) < 4.78 is 1.99. The first-order chi connectivity index (χ1) is 8.52. The van der Waals surface area contributed by atoms with Crippen molar-refractivity contribution in [2.24, 2.45) is 5.73 Å². The summed E-state index contributed by atoms with van der Waals surface area (Å²) >= 11 is 0. The molecule has 0 aliphatic heterocycles. The predicted octanol–water partition coefficient (Wildman–Crippen LogP) is 2.07. The molecule has 0 fully saturated rings. The summed E-state index contributed by atoms with van der Waals surface area (Å²) in [6, 6.07) is 4.15. The van der Waals surface area contributed by atoms with Crippen molar-refractivity contribution in [2.75, 3.05) is 6.54 Å². The molecular weight excluding hydrogens is 224 g/mol. The number of nitrogens with zero attached hydrogens (tertiary/aromatic N) is 3. The Bertz CT molecular complexity index is 505. The summed E-state index contributed by atoms with van der Waals surface area (Å²) in [6.45, 7) is 7.14. The Kier molecular flexibility index (Phi) is 3.48. The standard InChI is InChI=1S/C14H20N4/c1-14(2,3)11-4-5-12(17-10-11)18-9-8-16-13(18)6-7-15/h4-5,8-10H,6-7,15H2,1-3H3. The van der Waals surface area contributed by atoms with Crippen LogP contribution in [0.15, 0.2) is 30.7 Å². The Morgan fingerprint density at radius 3 is 2.56 bits per heavy atom. The van der Waals surface area contributed by atoms with Gasteiger partial charge in [0, 0.05) is 25.0 Å². The Morgan fingerprint density at radius 2 is 2.00 bits per heavy atom. The van der Waals surface area contributed by atoms with Crippen molar-refractivity contribution in [3.63, 3.8) is 0 Å². The van der Waals surface area contributed by atoms with Gasteiger partial charge in [-0.2, -0.15) is 0 Å². The second-order valence-electron chi connectivity index (χ2n) is 5.41. The van der Waals surface area contributed by atoms with Crippen molar-refractivity contribution in [1.82, 2.24) is 14.5 Å². The normalized spacial score (nSPS) is 11.8. The van der Waals surface area contributed by atoms with Crippen LogP contribution in [0, 0.1) is 0 Å². The predicted molar refractivity (Wildman–Crippen MR) is 72.8 cm³/mol. The summed E-state index contributed by atoms with van der Waals surface area (Å²) in [5.41, 5.74) is 6.93. The summed E-state index contributed by atoms with van der Waals surface area (Å²) in [4.78, 5) is 8.81. The van der Waals surface area contributed by atoms with Crippen molar-refractivity contribution < 1.29 is 0 Å². The van der Waals surface area contributed by atoms with E-state index in [-0.39, 0.29) is 5.41 Å². The van der Waals surface area contributed by atoms with Gasteiger partial charge in [0.25, 0.3) is 0 Å². The number of imidazole rings is 1. The fourth-order valence-electron chi connectivity index (χ4n) is 1.83. The van der Waals surface area contributed by atoms with E-state index >= 15 is 0 Å². The summed E-state index contributed by atoms with van der Waals surface area (Å²) in [5, 5.41) is 0. The van der Waals surface area contributed by atoms with Crippen molar-refractivity contribution in [1.29, 1.82) is 0 Å². The molecule has 0 radical (unpaired) electrons. The van der Waals surface area contributed by atoms with Crippen molar-refractivity contribution in [3.8, 4) is 5.82 Å². The third kappa shape index (κ3) is 2.59. The first-order valence-electron chi connectivity index (χ1n) is 6.21. The molecule has 0 spiro atoms. The van der Waals surface area contributed by atoms with Gasteiger partial charge in [-0.05, 0) is 23.6 Å².